The van der Waals surface area contributed by atoms with Crippen molar-refractivity contribution in [3.05, 3.63) is 35.6 Å². The molecule has 1 aromatic rings. The highest BCUT2D eigenvalue weighted by Crippen LogP contribution is 2.21. The average Bonchev–Trinajstić information content (AvgIpc) is 2.42. The van der Waals surface area contributed by atoms with E-state index in [0.29, 0.717) is 12.1 Å². The molecule has 0 radical (unpaired) electrons. The second-order valence-electron chi connectivity index (χ2n) is 5.91. The summed E-state index contributed by atoms with van der Waals surface area (Å²) in [4.78, 5) is 2.21. The van der Waals surface area contributed by atoms with Gasteiger partial charge in [0.25, 0.3) is 0 Å². The molecule has 2 atom stereocenters. The minimum Gasteiger partial charge on any atom is -0.309 e. The Bertz CT molecular complexity index is 362. The van der Waals surface area contributed by atoms with Gasteiger partial charge in [0.2, 0.25) is 0 Å². The normalized spacial score (nSPS) is 14.5. The number of hydrogen-bond acceptors (Lipinski definition) is 2. The van der Waals surface area contributed by atoms with Crippen molar-refractivity contribution in [3.8, 4) is 0 Å². The molecular formula is C17H29FN2. The first-order chi connectivity index (χ1) is 9.52. The lowest BCUT2D eigenvalue weighted by atomic mass is 9.99. The minimum absolute atomic E-state index is 0.163. The molecule has 0 aliphatic rings. The lowest BCUT2D eigenvalue weighted by Crippen LogP contribution is -2.33. The molecule has 1 aromatic carbocycles. The van der Waals surface area contributed by atoms with E-state index in [2.05, 4.69) is 38.2 Å². The maximum absolute atomic E-state index is 13.0. The first-order valence-electron chi connectivity index (χ1n) is 7.69. The van der Waals surface area contributed by atoms with E-state index in [4.69, 9.17) is 0 Å². The van der Waals surface area contributed by atoms with Gasteiger partial charge in [0.05, 0.1) is 0 Å². The van der Waals surface area contributed by atoms with Gasteiger partial charge in [0, 0.05) is 12.1 Å². The van der Waals surface area contributed by atoms with E-state index in [1.54, 1.807) is 12.1 Å². The first kappa shape index (κ1) is 17.1. The molecule has 114 valence electrons. The van der Waals surface area contributed by atoms with E-state index >= 15 is 0 Å². The van der Waals surface area contributed by atoms with Crippen LogP contribution in [0, 0.1) is 5.82 Å². The van der Waals surface area contributed by atoms with E-state index in [1.807, 2.05) is 12.1 Å². The predicted octanol–water partition coefficient (Wildman–Crippen LogP) is 3.99. The highest BCUT2D eigenvalue weighted by molar-refractivity contribution is 5.20. The smallest absolute Gasteiger partial charge is 0.123 e. The summed E-state index contributed by atoms with van der Waals surface area (Å²) in [6, 6.07) is 7.71. The molecule has 0 saturated carbocycles. The molecule has 0 bridgehead atoms. The second-order valence-corrected chi connectivity index (χ2v) is 5.91. The fraction of sp³-hybridized carbons (Fsp3) is 0.647. The lowest BCUT2D eigenvalue weighted by molar-refractivity contribution is 0.342. The van der Waals surface area contributed by atoms with Crippen LogP contribution in [0.25, 0.3) is 0 Å². The molecule has 2 nitrogen and oxygen atoms in total. The van der Waals surface area contributed by atoms with Crippen molar-refractivity contribution in [1.82, 2.24) is 10.2 Å². The number of unbranched alkanes of at least 4 members (excludes halogenated alkanes) is 1. The van der Waals surface area contributed by atoms with Gasteiger partial charge in [-0.25, -0.2) is 4.39 Å². The Hall–Kier alpha value is -0.930. The van der Waals surface area contributed by atoms with Crippen LogP contribution < -0.4 is 5.32 Å². The molecule has 0 aromatic heterocycles. The van der Waals surface area contributed by atoms with Gasteiger partial charge < -0.3 is 10.2 Å². The third kappa shape index (κ3) is 6.49. The third-order valence-corrected chi connectivity index (χ3v) is 3.61. The Morgan fingerprint density at radius 2 is 1.80 bits per heavy atom. The van der Waals surface area contributed by atoms with Crippen molar-refractivity contribution >= 4 is 0 Å². The SMILES string of the molecule is CCCCC(NC(C)CCN(C)C)c1ccc(F)cc1. The predicted molar refractivity (Wildman–Crippen MR) is 84.4 cm³/mol. The Kier molecular flexibility index (Phi) is 7.78. The van der Waals surface area contributed by atoms with E-state index in [0.717, 1.165) is 19.4 Å². The maximum atomic E-state index is 13.0. The van der Waals surface area contributed by atoms with Gasteiger partial charge in [-0.2, -0.15) is 0 Å². The fourth-order valence-electron chi connectivity index (χ4n) is 2.33. The van der Waals surface area contributed by atoms with Gasteiger partial charge in [-0.3, -0.25) is 0 Å². The summed E-state index contributed by atoms with van der Waals surface area (Å²) < 4.78 is 13.0. The molecule has 0 aliphatic heterocycles. The Morgan fingerprint density at radius 1 is 1.15 bits per heavy atom. The van der Waals surface area contributed by atoms with Crippen LogP contribution in [0.5, 0.6) is 0 Å². The number of rotatable bonds is 9. The molecule has 0 spiro atoms. The summed E-state index contributed by atoms with van der Waals surface area (Å²) in [5, 5.41) is 3.69. The molecule has 1 N–H and O–H groups in total. The Morgan fingerprint density at radius 3 is 2.35 bits per heavy atom. The first-order valence-corrected chi connectivity index (χ1v) is 7.69. The molecule has 0 fully saturated rings. The summed E-state index contributed by atoms with van der Waals surface area (Å²) in [6.45, 7) is 5.52. The van der Waals surface area contributed by atoms with E-state index in [9.17, 15) is 4.39 Å². The molecule has 0 amide bonds. The number of halogens is 1. The summed E-state index contributed by atoms with van der Waals surface area (Å²) in [6.07, 6.45) is 4.60. The van der Waals surface area contributed by atoms with Gasteiger partial charge in [-0.1, -0.05) is 31.9 Å². The topological polar surface area (TPSA) is 15.3 Å². The van der Waals surface area contributed by atoms with Crippen LogP contribution in [-0.2, 0) is 0 Å². The minimum atomic E-state index is -0.163. The fourth-order valence-corrected chi connectivity index (χ4v) is 2.33. The maximum Gasteiger partial charge on any atom is 0.123 e. The second kappa shape index (κ2) is 9.09. The molecular weight excluding hydrogens is 251 g/mol. The molecule has 2 unspecified atom stereocenters. The molecule has 0 aliphatic carbocycles. The Balaban J connectivity index is 2.61. The summed E-state index contributed by atoms with van der Waals surface area (Å²) in [7, 11) is 4.20. The zero-order chi connectivity index (χ0) is 15.0. The highest BCUT2D eigenvalue weighted by Gasteiger charge is 2.14. The van der Waals surface area contributed by atoms with Gasteiger partial charge >= 0.3 is 0 Å². The van der Waals surface area contributed by atoms with Crippen molar-refractivity contribution < 1.29 is 4.39 Å². The molecule has 1 rings (SSSR count). The Labute approximate surface area is 123 Å². The quantitative estimate of drug-likeness (QED) is 0.736. The van der Waals surface area contributed by atoms with Crippen molar-refractivity contribution in [2.24, 2.45) is 0 Å². The third-order valence-electron chi connectivity index (χ3n) is 3.61. The summed E-state index contributed by atoms with van der Waals surface area (Å²) >= 11 is 0. The number of hydrogen-bond donors (Lipinski definition) is 1. The van der Waals surface area contributed by atoms with Crippen LogP contribution in [0.3, 0.4) is 0 Å². The molecule has 0 saturated heterocycles. The van der Waals surface area contributed by atoms with Crippen molar-refractivity contribution in [2.45, 2.75) is 51.6 Å². The molecule has 0 heterocycles. The number of nitrogens with zero attached hydrogens (tertiary/aromatic N) is 1. The van der Waals surface area contributed by atoms with Crippen molar-refractivity contribution in [3.63, 3.8) is 0 Å². The van der Waals surface area contributed by atoms with Crippen molar-refractivity contribution in [1.29, 1.82) is 0 Å². The van der Waals surface area contributed by atoms with Gasteiger partial charge in [-0.05, 0) is 58.1 Å². The average molecular weight is 280 g/mol. The summed E-state index contributed by atoms with van der Waals surface area (Å²) in [5.74, 6) is -0.163. The molecule has 20 heavy (non-hydrogen) atoms. The largest absolute Gasteiger partial charge is 0.309 e. The van der Waals surface area contributed by atoms with E-state index in [1.165, 1.54) is 18.4 Å². The van der Waals surface area contributed by atoms with Crippen LogP contribution in [0.15, 0.2) is 24.3 Å². The highest BCUT2D eigenvalue weighted by atomic mass is 19.1. The van der Waals surface area contributed by atoms with Crippen LogP contribution >= 0.6 is 0 Å². The van der Waals surface area contributed by atoms with E-state index in [-0.39, 0.29) is 5.82 Å². The monoisotopic (exact) mass is 280 g/mol. The summed E-state index contributed by atoms with van der Waals surface area (Å²) in [5.41, 5.74) is 1.19. The van der Waals surface area contributed by atoms with E-state index < -0.39 is 0 Å². The number of nitrogens with one attached hydrogen (secondary N) is 1. The molecule has 3 heteroatoms. The van der Waals surface area contributed by atoms with Crippen molar-refractivity contribution in [2.75, 3.05) is 20.6 Å². The number of benzene rings is 1. The zero-order valence-corrected chi connectivity index (χ0v) is 13.3. The van der Waals surface area contributed by atoms with Crippen LogP contribution in [0.1, 0.15) is 51.1 Å². The van der Waals surface area contributed by atoms with Crippen LogP contribution in [0.4, 0.5) is 4.39 Å². The van der Waals surface area contributed by atoms with Gasteiger partial charge in [0.15, 0.2) is 0 Å². The zero-order valence-electron chi connectivity index (χ0n) is 13.3. The van der Waals surface area contributed by atoms with Crippen LogP contribution in [-0.4, -0.2) is 31.6 Å². The van der Waals surface area contributed by atoms with Crippen LogP contribution in [0.2, 0.25) is 0 Å². The van der Waals surface area contributed by atoms with Gasteiger partial charge in [0.1, 0.15) is 5.82 Å². The standard InChI is InChI=1S/C17H29FN2/c1-5-6-7-17(15-8-10-16(18)11-9-15)19-14(2)12-13-20(3)4/h8-11,14,17,19H,5-7,12-13H2,1-4H3. The lowest BCUT2D eigenvalue weighted by Gasteiger charge is -2.25. The van der Waals surface area contributed by atoms with Gasteiger partial charge in [-0.15, -0.1) is 0 Å².